The van der Waals surface area contributed by atoms with Gasteiger partial charge in [-0.2, -0.15) is 0 Å². The van der Waals surface area contributed by atoms with Crippen LogP contribution in [0, 0.1) is 13.8 Å². The Morgan fingerprint density at radius 1 is 1.13 bits per heavy atom. The topological polar surface area (TPSA) is 74.7 Å². The molecule has 0 bridgehead atoms. The summed E-state index contributed by atoms with van der Waals surface area (Å²) in [4.78, 5) is 11.2. The molecule has 122 valence electrons. The highest BCUT2D eigenvalue weighted by Crippen LogP contribution is 2.30. The number of carboxylic acid groups (broad SMARTS) is 1. The van der Waals surface area contributed by atoms with Crippen LogP contribution in [0.3, 0.4) is 0 Å². The highest BCUT2D eigenvalue weighted by Gasteiger charge is 2.28. The number of rotatable bonds is 5. The molecule has 5 nitrogen and oxygen atoms in total. The Morgan fingerprint density at radius 2 is 1.74 bits per heavy atom. The average Bonchev–Trinajstić information content (AvgIpc) is 2.48. The van der Waals surface area contributed by atoms with E-state index in [1.54, 1.807) is 31.2 Å². The smallest absolute Gasteiger partial charge is 0.324 e. The van der Waals surface area contributed by atoms with E-state index in [9.17, 15) is 13.2 Å². The first kappa shape index (κ1) is 17.3. The number of hydrogen-bond donors (Lipinski definition) is 1. The van der Waals surface area contributed by atoms with E-state index in [0.717, 1.165) is 9.87 Å². The van der Waals surface area contributed by atoms with Crippen LogP contribution >= 0.6 is 11.6 Å². The van der Waals surface area contributed by atoms with Crippen LogP contribution < -0.4 is 4.31 Å². The van der Waals surface area contributed by atoms with Crippen LogP contribution in [-0.4, -0.2) is 26.0 Å². The van der Waals surface area contributed by atoms with E-state index >= 15 is 0 Å². The van der Waals surface area contributed by atoms with Gasteiger partial charge in [-0.05, 0) is 43.7 Å². The molecule has 0 aromatic heterocycles. The predicted molar refractivity (Wildman–Crippen MR) is 89.5 cm³/mol. The summed E-state index contributed by atoms with van der Waals surface area (Å²) in [5.74, 6) is -1.25. The highest BCUT2D eigenvalue weighted by molar-refractivity contribution is 7.92. The first-order valence-electron chi connectivity index (χ1n) is 6.80. The van der Waals surface area contributed by atoms with Gasteiger partial charge in [-0.3, -0.25) is 9.10 Å². The van der Waals surface area contributed by atoms with E-state index in [0.29, 0.717) is 10.6 Å². The Morgan fingerprint density at radius 3 is 2.30 bits per heavy atom. The van der Waals surface area contributed by atoms with Gasteiger partial charge in [0.15, 0.2) is 0 Å². The second-order valence-corrected chi connectivity index (χ2v) is 7.37. The summed E-state index contributed by atoms with van der Waals surface area (Å²) < 4.78 is 26.6. The van der Waals surface area contributed by atoms with Gasteiger partial charge >= 0.3 is 5.97 Å². The monoisotopic (exact) mass is 353 g/mol. The molecule has 0 aliphatic carbocycles. The Bertz CT molecular complexity index is 832. The van der Waals surface area contributed by atoms with Gasteiger partial charge < -0.3 is 5.11 Å². The van der Waals surface area contributed by atoms with E-state index in [1.807, 2.05) is 6.92 Å². The molecule has 0 unspecified atom stereocenters. The third-order valence-electron chi connectivity index (χ3n) is 3.40. The second kappa shape index (κ2) is 6.60. The van der Waals surface area contributed by atoms with Gasteiger partial charge in [0.1, 0.15) is 6.54 Å². The third kappa shape index (κ3) is 3.65. The minimum atomic E-state index is -4.01. The quantitative estimate of drug-likeness (QED) is 0.895. The van der Waals surface area contributed by atoms with E-state index in [1.165, 1.54) is 18.2 Å². The van der Waals surface area contributed by atoms with Crippen molar-refractivity contribution in [2.45, 2.75) is 18.7 Å². The Hall–Kier alpha value is -2.05. The van der Waals surface area contributed by atoms with Crippen molar-refractivity contribution >= 4 is 33.3 Å². The normalized spacial score (nSPS) is 11.3. The molecule has 23 heavy (non-hydrogen) atoms. The summed E-state index contributed by atoms with van der Waals surface area (Å²) in [7, 11) is -4.01. The van der Waals surface area contributed by atoms with Crippen LogP contribution in [0.2, 0.25) is 5.02 Å². The van der Waals surface area contributed by atoms with Crippen LogP contribution in [0.25, 0.3) is 0 Å². The van der Waals surface area contributed by atoms with Crippen molar-refractivity contribution in [3.63, 3.8) is 0 Å². The molecular formula is C16H16ClNO4S. The van der Waals surface area contributed by atoms with Gasteiger partial charge in [0.05, 0.1) is 10.6 Å². The number of sulfonamides is 1. The molecule has 0 saturated carbocycles. The highest BCUT2D eigenvalue weighted by atomic mass is 35.5. The molecule has 0 fully saturated rings. The summed E-state index contributed by atoms with van der Waals surface area (Å²) >= 11 is 6.04. The standard InChI is InChI=1S/C16H16ClNO4S/c1-11-6-8-13(9-7-11)23(21,22)18(10-16(19)20)15-5-3-4-14(17)12(15)2/h3-9H,10H2,1-2H3,(H,19,20). The fraction of sp³-hybridized carbons (Fsp3) is 0.188. The average molecular weight is 354 g/mol. The lowest BCUT2D eigenvalue weighted by atomic mass is 10.2. The number of carbonyl (C=O) groups is 1. The van der Waals surface area contributed by atoms with Crippen molar-refractivity contribution in [1.82, 2.24) is 0 Å². The molecule has 0 spiro atoms. The zero-order chi connectivity index (χ0) is 17.2. The Labute approximate surface area is 140 Å². The number of carboxylic acids is 1. The summed E-state index contributed by atoms with van der Waals surface area (Å²) in [5.41, 5.74) is 1.67. The maximum absolute atomic E-state index is 12.9. The molecule has 0 saturated heterocycles. The lowest BCUT2D eigenvalue weighted by Crippen LogP contribution is -2.36. The molecule has 0 heterocycles. The molecular weight excluding hydrogens is 338 g/mol. The molecule has 0 aliphatic heterocycles. The number of benzene rings is 2. The number of anilines is 1. The lowest BCUT2D eigenvalue weighted by Gasteiger charge is -2.24. The Kier molecular flexibility index (Phi) is 4.97. The van der Waals surface area contributed by atoms with E-state index < -0.39 is 22.5 Å². The van der Waals surface area contributed by atoms with Gasteiger partial charge in [0, 0.05) is 5.02 Å². The fourth-order valence-electron chi connectivity index (χ4n) is 2.13. The molecule has 2 aromatic carbocycles. The number of nitrogens with zero attached hydrogens (tertiary/aromatic N) is 1. The minimum Gasteiger partial charge on any atom is -0.480 e. The molecule has 2 rings (SSSR count). The minimum absolute atomic E-state index is 0.0312. The molecule has 0 amide bonds. The lowest BCUT2D eigenvalue weighted by molar-refractivity contribution is -0.135. The summed E-state index contributed by atoms with van der Waals surface area (Å²) in [6.45, 7) is 2.81. The summed E-state index contributed by atoms with van der Waals surface area (Å²) in [6, 6.07) is 11.0. The predicted octanol–water partition coefficient (Wildman–Crippen LogP) is 3.24. The van der Waals surface area contributed by atoms with Crippen molar-refractivity contribution in [2.75, 3.05) is 10.8 Å². The van der Waals surface area contributed by atoms with Crippen LogP contribution in [0.1, 0.15) is 11.1 Å². The van der Waals surface area contributed by atoms with Gasteiger partial charge in [-0.25, -0.2) is 8.42 Å². The number of aryl methyl sites for hydroxylation is 1. The van der Waals surface area contributed by atoms with E-state index in [-0.39, 0.29) is 10.6 Å². The zero-order valence-corrected chi connectivity index (χ0v) is 14.2. The largest absolute Gasteiger partial charge is 0.480 e. The summed E-state index contributed by atoms with van der Waals surface area (Å²) in [5, 5.41) is 9.49. The van der Waals surface area contributed by atoms with Crippen molar-refractivity contribution in [3.05, 3.63) is 58.6 Å². The number of hydrogen-bond acceptors (Lipinski definition) is 3. The van der Waals surface area contributed by atoms with Crippen molar-refractivity contribution < 1.29 is 18.3 Å². The zero-order valence-electron chi connectivity index (χ0n) is 12.7. The molecule has 0 aliphatic rings. The van der Waals surface area contributed by atoms with Crippen molar-refractivity contribution in [3.8, 4) is 0 Å². The van der Waals surface area contributed by atoms with Gasteiger partial charge in [0.25, 0.3) is 10.0 Å². The molecule has 0 radical (unpaired) electrons. The van der Waals surface area contributed by atoms with Crippen molar-refractivity contribution in [1.29, 1.82) is 0 Å². The van der Waals surface area contributed by atoms with Crippen LogP contribution in [-0.2, 0) is 14.8 Å². The van der Waals surface area contributed by atoms with Gasteiger partial charge in [-0.15, -0.1) is 0 Å². The fourth-order valence-corrected chi connectivity index (χ4v) is 3.77. The maximum atomic E-state index is 12.9. The third-order valence-corrected chi connectivity index (χ3v) is 5.58. The van der Waals surface area contributed by atoms with E-state index in [2.05, 4.69) is 0 Å². The molecule has 1 N–H and O–H groups in total. The maximum Gasteiger partial charge on any atom is 0.324 e. The van der Waals surface area contributed by atoms with Gasteiger partial charge in [0.2, 0.25) is 0 Å². The first-order chi connectivity index (χ1) is 10.7. The van der Waals surface area contributed by atoms with Crippen LogP contribution in [0.15, 0.2) is 47.4 Å². The summed E-state index contributed by atoms with van der Waals surface area (Å²) in [6.07, 6.45) is 0. The second-order valence-electron chi connectivity index (χ2n) is 5.10. The van der Waals surface area contributed by atoms with Crippen molar-refractivity contribution in [2.24, 2.45) is 0 Å². The first-order valence-corrected chi connectivity index (χ1v) is 8.61. The number of aliphatic carboxylic acids is 1. The molecule has 0 atom stereocenters. The molecule has 2 aromatic rings. The van der Waals surface area contributed by atoms with Crippen LogP contribution in [0.5, 0.6) is 0 Å². The Balaban J connectivity index is 2.60. The van der Waals surface area contributed by atoms with E-state index in [4.69, 9.17) is 16.7 Å². The van der Waals surface area contributed by atoms with Crippen LogP contribution in [0.4, 0.5) is 5.69 Å². The molecule has 7 heteroatoms. The van der Waals surface area contributed by atoms with Gasteiger partial charge in [-0.1, -0.05) is 35.4 Å². The number of halogens is 1. The SMILES string of the molecule is Cc1ccc(S(=O)(=O)N(CC(=O)O)c2cccc(Cl)c2C)cc1.